The van der Waals surface area contributed by atoms with Gasteiger partial charge in [0.2, 0.25) is 11.8 Å². The summed E-state index contributed by atoms with van der Waals surface area (Å²) in [5, 5.41) is 11.5. The van der Waals surface area contributed by atoms with Crippen molar-refractivity contribution in [3.05, 3.63) is 78.2 Å². The van der Waals surface area contributed by atoms with Crippen LogP contribution in [0.3, 0.4) is 0 Å². The van der Waals surface area contributed by atoms with Crippen LogP contribution in [0.5, 0.6) is 5.75 Å². The van der Waals surface area contributed by atoms with Gasteiger partial charge in [-0.2, -0.15) is 0 Å². The maximum absolute atomic E-state index is 13.6. The Balaban J connectivity index is 1.30. The second-order valence-corrected chi connectivity index (χ2v) is 14.2. The molecule has 0 radical (unpaired) electrons. The van der Waals surface area contributed by atoms with E-state index in [2.05, 4.69) is 4.98 Å². The van der Waals surface area contributed by atoms with Gasteiger partial charge in [0.1, 0.15) is 18.4 Å². The van der Waals surface area contributed by atoms with E-state index in [0.29, 0.717) is 28.8 Å². The number of rotatable bonds is 6. The van der Waals surface area contributed by atoms with E-state index < -0.39 is 35.7 Å². The fourth-order valence-corrected chi connectivity index (χ4v) is 10.7. The molecule has 3 aromatic rings. The summed E-state index contributed by atoms with van der Waals surface area (Å²) in [5.41, 5.74) is 1.76. The van der Waals surface area contributed by atoms with Crippen molar-refractivity contribution >= 4 is 64.1 Å². The van der Waals surface area contributed by atoms with Crippen LogP contribution in [0, 0.1) is 29.6 Å². The molecule has 8 nitrogen and oxygen atoms in total. The number of aliphatic carboxylic acids is 1. The lowest BCUT2D eigenvalue weighted by Crippen LogP contribution is -2.44. The molecule has 2 aliphatic heterocycles. The summed E-state index contributed by atoms with van der Waals surface area (Å²) < 4.78 is 6.33. The molecule has 2 amide bonds. The number of ether oxygens (including phenoxy) is 1. The highest BCUT2D eigenvalue weighted by atomic mass is 35.5. The Hall–Kier alpha value is -2.79. The zero-order valence-electron chi connectivity index (χ0n) is 21.6. The average molecular weight is 632 g/mol. The van der Waals surface area contributed by atoms with Crippen molar-refractivity contribution in [3.8, 4) is 5.75 Å². The van der Waals surface area contributed by atoms with Crippen LogP contribution in [0.1, 0.15) is 35.3 Å². The summed E-state index contributed by atoms with van der Waals surface area (Å²) in [6, 6.07) is 11.6. The number of halogens is 2. The third-order valence-corrected chi connectivity index (χ3v) is 12.2. The third-order valence-electron chi connectivity index (χ3n) is 9.12. The highest BCUT2D eigenvalue weighted by Crippen LogP contribution is 2.69. The number of hydrogen-bond acceptors (Lipinski definition) is 7. The molecule has 41 heavy (non-hydrogen) atoms. The van der Waals surface area contributed by atoms with Crippen molar-refractivity contribution in [2.24, 2.45) is 29.6 Å². The van der Waals surface area contributed by atoms with Gasteiger partial charge in [0, 0.05) is 31.7 Å². The van der Waals surface area contributed by atoms with Crippen LogP contribution in [0.4, 0.5) is 0 Å². The number of nitrogens with zero attached hydrogens (tertiary/aromatic N) is 1. The Morgan fingerprint density at radius 1 is 1.07 bits per heavy atom. The van der Waals surface area contributed by atoms with Gasteiger partial charge in [0.25, 0.3) is 0 Å². The van der Waals surface area contributed by atoms with E-state index in [9.17, 15) is 24.3 Å². The molecule has 2 aromatic carbocycles. The molecule has 2 saturated carbocycles. The van der Waals surface area contributed by atoms with Gasteiger partial charge in [-0.05, 0) is 67.0 Å². The summed E-state index contributed by atoms with van der Waals surface area (Å²) in [5.74, 6) is -3.11. The summed E-state index contributed by atoms with van der Waals surface area (Å²) in [6.07, 6.45) is 0.696. The first-order valence-corrected chi connectivity index (χ1v) is 15.7. The number of carbonyl (C=O) groups excluding carboxylic acids is 2. The fourth-order valence-electron chi connectivity index (χ4n) is 7.52. The molecule has 7 rings (SSSR count). The topological polar surface area (TPSA) is 117 Å². The van der Waals surface area contributed by atoms with Gasteiger partial charge in [-0.1, -0.05) is 46.7 Å². The lowest BCUT2D eigenvalue weighted by molar-refractivity contribution is -0.154. The van der Waals surface area contributed by atoms with Crippen LogP contribution < -0.4 is 9.61 Å². The molecule has 2 bridgehead atoms. The first-order chi connectivity index (χ1) is 19.6. The molecule has 212 valence electrons. The zero-order chi connectivity index (χ0) is 28.7. The minimum Gasteiger partial charge on any atom is -0.489 e. The number of nitrogens with one attached hydrogen (secondary N) is 1. The number of thioether (sulfide) groups is 1. The van der Waals surface area contributed by atoms with Crippen molar-refractivity contribution in [1.29, 1.82) is 0 Å². The first kappa shape index (κ1) is 27.1. The molecular formula is C29H24Cl2N2O6S2. The predicted molar refractivity (Wildman–Crippen MR) is 155 cm³/mol. The predicted octanol–water partition coefficient (Wildman–Crippen LogP) is 5.27. The number of carboxylic acid groups (broad SMARTS) is 1. The highest BCUT2D eigenvalue weighted by Gasteiger charge is 2.70. The molecule has 1 aromatic heterocycles. The van der Waals surface area contributed by atoms with E-state index in [-0.39, 0.29) is 33.8 Å². The Labute approximate surface area is 253 Å². The molecule has 2 N–H and O–H groups in total. The number of H-pyrrole nitrogens is 1. The van der Waals surface area contributed by atoms with Gasteiger partial charge in [-0.3, -0.25) is 19.3 Å². The van der Waals surface area contributed by atoms with E-state index in [1.807, 2.05) is 24.3 Å². The molecule has 12 heteroatoms. The number of carboxylic acids is 1. The normalized spacial score (nSPS) is 30.2. The van der Waals surface area contributed by atoms with Gasteiger partial charge < -0.3 is 14.8 Å². The Morgan fingerprint density at radius 2 is 1.76 bits per heavy atom. The van der Waals surface area contributed by atoms with E-state index in [4.69, 9.17) is 27.9 Å². The average Bonchev–Trinajstić information content (AvgIpc) is 3.67. The number of fused-ring (bicyclic) bond motifs is 9. The third kappa shape index (κ3) is 4.17. The van der Waals surface area contributed by atoms with Crippen molar-refractivity contribution < 1.29 is 24.2 Å². The lowest BCUT2D eigenvalue weighted by atomic mass is 9.68. The van der Waals surface area contributed by atoms with Crippen LogP contribution in [0.25, 0.3) is 0 Å². The molecule has 1 saturated heterocycles. The number of hydrogen-bond donors (Lipinski definition) is 2. The number of likely N-dealkylation sites (tertiary alicyclic amines) is 1. The zero-order valence-corrected chi connectivity index (χ0v) is 24.7. The van der Waals surface area contributed by atoms with Gasteiger partial charge >= 0.3 is 10.8 Å². The van der Waals surface area contributed by atoms with Crippen LogP contribution in [0.2, 0.25) is 10.0 Å². The molecule has 7 unspecified atom stereocenters. The smallest absolute Gasteiger partial charge is 0.326 e. The Kier molecular flexibility index (Phi) is 6.53. The lowest BCUT2D eigenvalue weighted by Gasteiger charge is -2.43. The monoisotopic (exact) mass is 630 g/mol. The van der Waals surface area contributed by atoms with Crippen molar-refractivity contribution in [2.75, 3.05) is 0 Å². The van der Waals surface area contributed by atoms with Gasteiger partial charge in [-0.15, -0.1) is 11.8 Å². The largest absolute Gasteiger partial charge is 0.489 e. The van der Waals surface area contributed by atoms with E-state index >= 15 is 0 Å². The minimum atomic E-state index is -1.22. The highest BCUT2D eigenvalue weighted by molar-refractivity contribution is 8.00. The molecule has 3 heterocycles. The molecule has 8 atom stereocenters. The maximum atomic E-state index is 13.6. The number of carbonyl (C=O) groups is 3. The molecule has 2 aliphatic carbocycles. The number of aromatic amines is 1. The van der Waals surface area contributed by atoms with Gasteiger partial charge in [-0.25, -0.2) is 4.79 Å². The summed E-state index contributed by atoms with van der Waals surface area (Å²) in [7, 11) is 0. The standard InChI is InChI=1S/C29H24Cl2N2O6S2/c1-11(28(36)37)33-26(34)21-16-9-17(22(21)27(33)35)23-20(16)19(24-25(40-23)32-29(38)41-24)15-8-14(31)6-7-18(15)39-10-12-2-4-13(30)5-3-12/h2-8,11,16-17,19-23H,9-10H2,1H3,(H,32,38)(H,36,37)/t11?,16?,17?,19-,20?,21?,22?,23?/m1/s1. The quantitative estimate of drug-likeness (QED) is 0.356. The Bertz CT molecular complexity index is 1660. The number of amides is 2. The first-order valence-electron chi connectivity index (χ1n) is 13.3. The maximum Gasteiger partial charge on any atom is 0.326 e. The molecule has 4 aliphatic rings. The number of aromatic nitrogens is 1. The molecule has 3 fully saturated rings. The van der Waals surface area contributed by atoms with E-state index in [1.165, 1.54) is 6.92 Å². The number of imide groups is 1. The van der Waals surface area contributed by atoms with Crippen molar-refractivity contribution in [2.45, 2.75) is 42.2 Å². The van der Waals surface area contributed by atoms with Crippen molar-refractivity contribution in [3.63, 3.8) is 0 Å². The second-order valence-electron chi connectivity index (χ2n) is 11.1. The second kappa shape index (κ2) is 9.90. The van der Waals surface area contributed by atoms with Crippen LogP contribution in [-0.4, -0.2) is 44.1 Å². The van der Waals surface area contributed by atoms with Crippen LogP contribution in [-0.2, 0) is 21.0 Å². The summed E-state index contributed by atoms with van der Waals surface area (Å²) in [6.45, 7) is 1.67. The summed E-state index contributed by atoms with van der Waals surface area (Å²) >= 11 is 15.3. The SMILES string of the molecule is CC(C(=O)O)N1C(=O)C2C3CC(C2C1=O)C1C3Sc2[nH]c(=O)sc2[C@@H]1c1cc(Cl)ccc1OCc1ccc(Cl)cc1. The number of thiazole rings is 1. The van der Waals surface area contributed by atoms with Crippen LogP contribution >= 0.6 is 46.3 Å². The fraction of sp³-hybridized carbons (Fsp3) is 0.379. The number of benzene rings is 2. The van der Waals surface area contributed by atoms with Crippen molar-refractivity contribution in [1.82, 2.24) is 9.88 Å². The van der Waals surface area contributed by atoms with Crippen LogP contribution in [0.15, 0.2) is 52.3 Å². The van der Waals surface area contributed by atoms with Gasteiger partial charge in [0.05, 0.1) is 16.9 Å². The van der Waals surface area contributed by atoms with Gasteiger partial charge in [0.15, 0.2) is 0 Å². The summed E-state index contributed by atoms with van der Waals surface area (Å²) in [4.78, 5) is 56.1. The molecular weight excluding hydrogens is 607 g/mol. The van der Waals surface area contributed by atoms with E-state index in [1.54, 1.807) is 30.0 Å². The molecule has 0 spiro atoms. The minimum absolute atomic E-state index is 0.0380. The van der Waals surface area contributed by atoms with E-state index in [0.717, 1.165) is 37.3 Å². The Morgan fingerprint density at radius 3 is 2.46 bits per heavy atom.